The molecule has 0 bridgehead atoms. The third kappa shape index (κ3) is 2.74. The Morgan fingerprint density at radius 1 is 1.62 bits per heavy atom. The van der Waals surface area contributed by atoms with E-state index in [0.29, 0.717) is 0 Å². The van der Waals surface area contributed by atoms with Crippen LogP contribution in [0.4, 0.5) is 13.2 Å². The number of aliphatic carboxylic acids is 1. The Balaban J connectivity index is 2.91. The molecule has 0 aliphatic heterocycles. The summed E-state index contributed by atoms with van der Waals surface area (Å²) in [5.74, 6) is -1.79. The smallest absolute Gasteiger partial charge is 0.435 e. The lowest BCUT2D eigenvalue weighted by Crippen LogP contribution is -2.14. The predicted octanol–water partition coefficient (Wildman–Crippen LogP) is 1.70. The average Bonchev–Trinajstić information content (AvgIpc) is 2.47. The predicted molar refractivity (Wildman–Crippen MR) is 48.7 cm³/mol. The van der Waals surface area contributed by atoms with Gasteiger partial charge in [0.25, 0.3) is 0 Å². The van der Waals surface area contributed by atoms with Crippen LogP contribution in [0.2, 0.25) is 0 Å². The van der Waals surface area contributed by atoms with Gasteiger partial charge in [0, 0.05) is 19.2 Å². The fourth-order valence-corrected chi connectivity index (χ4v) is 1.24. The first kappa shape index (κ1) is 12.5. The van der Waals surface area contributed by atoms with Crippen LogP contribution in [0.3, 0.4) is 0 Å². The lowest BCUT2D eigenvalue weighted by atomic mass is 10.1. The van der Waals surface area contributed by atoms with E-state index < -0.39 is 23.8 Å². The summed E-state index contributed by atoms with van der Waals surface area (Å²) in [6, 6.07) is 0.874. The molecule has 0 spiro atoms. The standard InChI is InChI=1S/C9H11F3N2O2/c1-5(8(15)16)3-6-4-7(9(10,11)12)13-14(6)2/h4-5H,3H2,1-2H3,(H,15,16). The number of rotatable bonds is 3. The average molecular weight is 236 g/mol. The van der Waals surface area contributed by atoms with Crippen LogP contribution in [0.25, 0.3) is 0 Å². The van der Waals surface area contributed by atoms with Gasteiger partial charge >= 0.3 is 12.1 Å². The molecule has 0 saturated heterocycles. The number of carbonyl (C=O) groups is 1. The van der Waals surface area contributed by atoms with Crippen LogP contribution in [0.5, 0.6) is 0 Å². The van der Waals surface area contributed by atoms with Crippen molar-refractivity contribution in [2.45, 2.75) is 19.5 Å². The third-order valence-electron chi connectivity index (χ3n) is 2.20. The van der Waals surface area contributed by atoms with Crippen LogP contribution in [-0.4, -0.2) is 20.9 Å². The number of hydrogen-bond acceptors (Lipinski definition) is 2. The van der Waals surface area contributed by atoms with Gasteiger partial charge in [-0.25, -0.2) is 0 Å². The van der Waals surface area contributed by atoms with Crippen LogP contribution < -0.4 is 0 Å². The number of hydrogen-bond donors (Lipinski definition) is 1. The zero-order valence-electron chi connectivity index (χ0n) is 8.75. The second-order valence-electron chi connectivity index (χ2n) is 3.59. The van der Waals surface area contributed by atoms with Crippen LogP contribution in [0, 0.1) is 5.92 Å². The fraction of sp³-hybridized carbons (Fsp3) is 0.556. The topological polar surface area (TPSA) is 55.1 Å². The Morgan fingerprint density at radius 3 is 2.56 bits per heavy atom. The zero-order valence-corrected chi connectivity index (χ0v) is 8.75. The molecular formula is C9H11F3N2O2. The number of carboxylic acids is 1. The Bertz CT molecular complexity index is 398. The van der Waals surface area contributed by atoms with Crippen molar-refractivity contribution in [3.8, 4) is 0 Å². The molecule has 7 heteroatoms. The van der Waals surface area contributed by atoms with Gasteiger partial charge in [0.15, 0.2) is 5.69 Å². The molecule has 16 heavy (non-hydrogen) atoms. The summed E-state index contributed by atoms with van der Waals surface area (Å²) in [5, 5.41) is 11.9. The normalized spacial score (nSPS) is 13.8. The van der Waals surface area contributed by atoms with Crippen molar-refractivity contribution >= 4 is 5.97 Å². The molecule has 0 aromatic carbocycles. The van der Waals surface area contributed by atoms with Crippen molar-refractivity contribution < 1.29 is 23.1 Å². The number of aromatic nitrogens is 2. The summed E-state index contributed by atoms with van der Waals surface area (Å²) in [6.07, 6.45) is -4.47. The van der Waals surface area contributed by atoms with Gasteiger partial charge in [0.05, 0.1) is 5.92 Å². The molecule has 1 unspecified atom stereocenters. The van der Waals surface area contributed by atoms with Crippen LogP contribution >= 0.6 is 0 Å². The van der Waals surface area contributed by atoms with E-state index in [-0.39, 0.29) is 12.1 Å². The maximum absolute atomic E-state index is 12.3. The highest BCUT2D eigenvalue weighted by atomic mass is 19.4. The first-order chi connectivity index (χ1) is 7.21. The fourth-order valence-electron chi connectivity index (χ4n) is 1.24. The summed E-state index contributed by atoms with van der Waals surface area (Å²) >= 11 is 0. The summed E-state index contributed by atoms with van der Waals surface area (Å²) in [5.41, 5.74) is -0.746. The van der Waals surface area contributed by atoms with Crippen molar-refractivity contribution in [3.63, 3.8) is 0 Å². The summed E-state index contributed by atoms with van der Waals surface area (Å²) in [6.45, 7) is 1.43. The minimum Gasteiger partial charge on any atom is -0.481 e. The largest absolute Gasteiger partial charge is 0.481 e. The summed E-state index contributed by atoms with van der Waals surface area (Å²) < 4.78 is 37.9. The number of aryl methyl sites for hydroxylation is 1. The van der Waals surface area contributed by atoms with Gasteiger partial charge in [-0.2, -0.15) is 18.3 Å². The Morgan fingerprint density at radius 2 is 2.19 bits per heavy atom. The zero-order chi connectivity index (χ0) is 12.5. The number of nitrogens with zero attached hydrogens (tertiary/aromatic N) is 2. The van der Waals surface area contributed by atoms with Gasteiger partial charge in [-0.3, -0.25) is 9.48 Å². The molecule has 1 aromatic heterocycles. The van der Waals surface area contributed by atoms with Crippen molar-refractivity contribution in [1.29, 1.82) is 0 Å². The highest BCUT2D eigenvalue weighted by Gasteiger charge is 2.34. The van der Waals surface area contributed by atoms with Crippen molar-refractivity contribution in [3.05, 3.63) is 17.5 Å². The summed E-state index contributed by atoms with van der Waals surface area (Å²) in [7, 11) is 1.36. The van der Waals surface area contributed by atoms with E-state index in [2.05, 4.69) is 5.10 Å². The number of carboxylic acid groups (broad SMARTS) is 1. The van der Waals surface area contributed by atoms with Gasteiger partial charge in [-0.15, -0.1) is 0 Å². The first-order valence-corrected chi connectivity index (χ1v) is 4.54. The first-order valence-electron chi connectivity index (χ1n) is 4.54. The molecule has 4 nitrogen and oxygen atoms in total. The molecule has 1 N–H and O–H groups in total. The van der Waals surface area contributed by atoms with Crippen LogP contribution in [0.1, 0.15) is 18.3 Å². The van der Waals surface area contributed by atoms with E-state index in [0.717, 1.165) is 10.7 Å². The second kappa shape index (κ2) is 4.15. The van der Waals surface area contributed by atoms with E-state index in [1.165, 1.54) is 14.0 Å². The molecule has 0 aliphatic carbocycles. The van der Waals surface area contributed by atoms with Gasteiger partial charge in [0.1, 0.15) is 0 Å². The molecule has 0 amide bonds. The minimum atomic E-state index is -4.50. The molecule has 1 rings (SSSR count). The third-order valence-corrected chi connectivity index (χ3v) is 2.20. The minimum absolute atomic E-state index is 0.0227. The van der Waals surface area contributed by atoms with E-state index in [1.807, 2.05) is 0 Å². The van der Waals surface area contributed by atoms with E-state index in [9.17, 15) is 18.0 Å². The summed E-state index contributed by atoms with van der Waals surface area (Å²) in [4.78, 5) is 10.6. The maximum atomic E-state index is 12.3. The highest BCUT2D eigenvalue weighted by Crippen LogP contribution is 2.28. The van der Waals surface area contributed by atoms with Gasteiger partial charge in [-0.05, 0) is 6.07 Å². The van der Waals surface area contributed by atoms with Gasteiger partial charge < -0.3 is 5.11 Å². The van der Waals surface area contributed by atoms with Gasteiger partial charge in [0.2, 0.25) is 0 Å². The molecule has 1 heterocycles. The number of halogens is 3. The van der Waals surface area contributed by atoms with Crippen LogP contribution in [0.15, 0.2) is 6.07 Å². The Labute approximate surface area is 89.7 Å². The van der Waals surface area contributed by atoms with Crippen molar-refractivity contribution in [2.24, 2.45) is 13.0 Å². The lowest BCUT2D eigenvalue weighted by molar-refractivity contribution is -0.142. The van der Waals surface area contributed by atoms with Crippen molar-refractivity contribution in [2.75, 3.05) is 0 Å². The van der Waals surface area contributed by atoms with E-state index in [4.69, 9.17) is 5.11 Å². The molecule has 0 fully saturated rings. The molecule has 90 valence electrons. The SMILES string of the molecule is CC(Cc1cc(C(F)(F)F)nn1C)C(=O)O. The quantitative estimate of drug-likeness (QED) is 0.869. The molecular weight excluding hydrogens is 225 g/mol. The lowest BCUT2D eigenvalue weighted by Gasteiger charge is -2.05. The molecule has 1 aromatic rings. The maximum Gasteiger partial charge on any atom is 0.435 e. The van der Waals surface area contributed by atoms with Gasteiger partial charge in [-0.1, -0.05) is 6.92 Å². The van der Waals surface area contributed by atoms with Crippen LogP contribution in [-0.2, 0) is 24.4 Å². The number of alkyl halides is 3. The van der Waals surface area contributed by atoms with E-state index in [1.54, 1.807) is 0 Å². The molecule has 0 saturated carbocycles. The molecule has 1 atom stereocenters. The van der Waals surface area contributed by atoms with Crippen molar-refractivity contribution in [1.82, 2.24) is 9.78 Å². The second-order valence-corrected chi connectivity index (χ2v) is 3.59. The Hall–Kier alpha value is -1.53. The van der Waals surface area contributed by atoms with E-state index >= 15 is 0 Å². The molecule has 0 radical (unpaired) electrons. The molecule has 0 aliphatic rings. The monoisotopic (exact) mass is 236 g/mol. The highest BCUT2D eigenvalue weighted by molar-refractivity contribution is 5.69. The Kier molecular flexibility index (Phi) is 3.25.